The lowest BCUT2D eigenvalue weighted by molar-refractivity contribution is -0.140. The van der Waals surface area contributed by atoms with Crippen LogP contribution in [0.4, 0.5) is 0 Å². The Morgan fingerprint density at radius 3 is 2.33 bits per heavy atom. The molecule has 0 aromatic heterocycles. The molecule has 0 aromatic rings. The summed E-state index contributed by atoms with van der Waals surface area (Å²) in [4.78, 5) is 20.8. The number of aliphatic carboxylic acids is 1. The number of ketones is 1. The summed E-state index contributed by atoms with van der Waals surface area (Å²) in [6.45, 7) is 1.16. The summed E-state index contributed by atoms with van der Waals surface area (Å²) in [5, 5.41) is 19.6. The molecule has 12 heavy (non-hydrogen) atoms. The lowest BCUT2D eigenvalue weighted by Gasteiger charge is -2.14. The fraction of sp³-hybridized carbons (Fsp3) is 0.667. The van der Waals surface area contributed by atoms with Gasteiger partial charge in [0.15, 0.2) is 12.0 Å². The van der Waals surface area contributed by atoms with E-state index < -0.39 is 24.0 Å². The monoisotopic (exact) mass is 193 g/mol. The van der Waals surface area contributed by atoms with Gasteiger partial charge in [-0.2, -0.15) is 12.6 Å². The van der Waals surface area contributed by atoms with Crippen molar-refractivity contribution in [3.8, 4) is 0 Å². The van der Waals surface area contributed by atoms with Gasteiger partial charge in [0.1, 0.15) is 6.04 Å². The van der Waals surface area contributed by atoms with E-state index in [-0.39, 0.29) is 5.75 Å². The summed E-state index contributed by atoms with van der Waals surface area (Å²) < 4.78 is 0. The SMILES string of the molecule is CC(=O)C(O)N[C@@H](CS)C(=O)O. The molecule has 0 aliphatic heterocycles. The molecular formula is C6H11NO4S. The summed E-state index contributed by atoms with van der Waals surface area (Å²) in [6.07, 6.45) is -1.43. The number of carboxylic acid groups (broad SMARTS) is 1. The minimum Gasteiger partial charge on any atom is -0.480 e. The number of carbonyl (C=O) groups excluding carboxylic acids is 1. The van der Waals surface area contributed by atoms with Gasteiger partial charge in [0.05, 0.1) is 0 Å². The summed E-state index contributed by atoms with van der Waals surface area (Å²) in [7, 11) is 0. The highest BCUT2D eigenvalue weighted by Gasteiger charge is 2.20. The summed E-state index contributed by atoms with van der Waals surface area (Å²) in [5.41, 5.74) is 0. The first-order chi connectivity index (χ1) is 5.49. The first-order valence-corrected chi connectivity index (χ1v) is 3.90. The Labute approximate surface area is 75.2 Å². The number of hydrogen-bond donors (Lipinski definition) is 4. The standard InChI is InChI=1S/C6H11NO4S/c1-3(8)5(9)7-4(2-12)6(10)11/h4-5,7,9,12H,2H2,1H3,(H,10,11)/t4-,5?/m0/s1. The lowest BCUT2D eigenvalue weighted by atomic mass is 10.3. The third-order valence-electron chi connectivity index (χ3n) is 1.22. The molecule has 0 heterocycles. The fourth-order valence-electron chi connectivity index (χ4n) is 0.510. The zero-order chi connectivity index (χ0) is 9.72. The number of nitrogens with one attached hydrogen (secondary N) is 1. The number of hydrogen-bond acceptors (Lipinski definition) is 5. The molecule has 0 aliphatic rings. The first kappa shape index (κ1) is 11.4. The largest absolute Gasteiger partial charge is 0.480 e. The molecule has 0 aliphatic carbocycles. The highest BCUT2D eigenvalue weighted by Crippen LogP contribution is 1.91. The Bertz CT molecular complexity index is 184. The molecule has 0 spiro atoms. The van der Waals surface area contributed by atoms with E-state index in [0.29, 0.717) is 0 Å². The van der Waals surface area contributed by atoms with E-state index >= 15 is 0 Å². The second kappa shape index (κ2) is 5.13. The van der Waals surface area contributed by atoms with Gasteiger partial charge in [-0.1, -0.05) is 0 Å². The quantitative estimate of drug-likeness (QED) is 0.328. The number of aliphatic hydroxyl groups is 1. The Morgan fingerprint density at radius 2 is 2.08 bits per heavy atom. The molecule has 0 saturated carbocycles. The molecule has 0 fully saturated rings. The Morgan fingerprint density at radius 1 is 1.58 bits per heavy atom. The van der Waals surface area contributed by atoms with E-state index in [1.165, 1.54) is 0 Å². The highest BCUT2D eigenvalue weighted by molar-refractivity contribution is 7.80. The normalized spacial score (nSPS) is 15.2. The highest BCUT2D eigenvalue weighted by atomic mass is 32.1. The van der Waals surface area contributed by atoms with Crippen LogP contribution in [0, 0.1) is 0 Å². The summed E-state index contributed by atoms with van der Waals surface area (Å²) >= 11 is 3.73. The molecule has 0 radical (unpaired) electrons. The van der Waals surface area contributed by atoms with Gasteiger partial charge in [-0.15, -0.1) is 0 Å². The molecule has 0 aromatic carbocycles. The molecular weight excluding hydrogens is 182 g/mol. The van der Waals surface area contributed by atoms with Crippen molar-refractivity contribution in [1.29, 1.82) is 0 Å². The predicted octanol–water partition coefficient (Wildman–Crippen LogP) is -1.13. The van der Waals surface area contributed by atoms with Crippen LogP contribution < -0.4 is 5.32 Å². The fourth-order valence-corrected chi connectivity index (χ4v) is 0.772. The predicted molar refractivity (Wildman–Crippen MR) is 45.1 cm³/mol. The molecule has 0 bridgehead atoms. The van der Waals surface area contributed by atoms with Crippen molar-refractivity contribution in [2.45, 2.75) is 19.2 Å². The zero-order valence-electron chi connectivity index (χ0n) is 6.52. The Hall–Kier alpha value is -0.590. The van der Waals surface area contributed by atoms with Gasteiger partial charge in [0.2, 0.25) is 0 Å². The van der Waals surface area contributed by atoms with Gasteiger partial charge in [-0.05, 0) is 6.92 Å². The van der Waals surface area contributed by atoms with E-state index in [1.807, 2.05) is 0 Å². The van der Waals surface area contributed by atoms with Crippen molar-refractivity contribution in [2.24, 2.45) is 0 Å². The number of carboxylic acids is 1. The van der Waals surface area contributed by atoms with Crippen molar-refractivity contribution in [3.63, 3.8) is 0 Å². The second-order valence-corrected chi connectivity index (χ2v) is 2.62. The molecule has 0 saturated heterocycles. The lowest BCUT2D eigenvalue weighted by Crippen LogP contribution is -2.47. The van der Waals surface area contributed by atoms with Crippen molar-refractivity contribution >= 4 is 24.4 Å². The van der Waals surface area contributed by atoms with Crippen LogP contribution in [-0.4, -0.2) is 40.0 Å². The molecule has 3 N–H and O–H groups in total. The van der Waals surface area contributed by atoms with Gasteiger partial charge in [-0.25, -0.2) is 0 Å². The van der Waals surface area contributed by atoms with Crippen LogP contribution in [0.2, 0.25) is 0 Å². The van der Waals surface area contributed by atoms with Crippen molar-refractivity contribution in [3.05, 3.63) is 0 Å². The van der Waals surface area contributed by atoms with Gasteiger partial charge in [-0.3, -0.25) is 14.9 Å². The third-order valence-corrected chi connectivity index (χ3v) is 1.59. The first-order valence-electron chi connectivity index (χ1n) is 3.27. The van der Waals surface area contributed by atoms with Crippen LogP contribution in [0.15, 0.2) is 0 Å². The van der Waals surface area contributed by atoms with Gasteiger partial charge in [0.25, 0.3) is 0 Å². The van der Waals surface area contributed by atoms with Gasteiger partial charge in [0, 0.05) is 5.75 Å². The minimum absolute atomic E-state index is 0.0136. The summed E-state index contributed by atoms with van der Waals surface area (Å²) in [6, 6.07) is -1.01. The van der Waals surface area contributed by atoms with Crippen molar-refractivity contribution in [1.82, 2.24) is 5.32 Å². The molecule has 5 nitrogen and oxygen atoms in total. The van der Waals surface area contributed by atoms with Crippen molar-refractivity contribution < 1.29 is 19.8 Å². The average molecular weight is 193 g/mol. The van der Waals surface area contributed by atoms with Crippen molar-refractivity contribution in [2.75, 3.05) is 5.75 Å². The average Bonchev–Trinajstić information content (AvgIpc) is 1.98. The van der Waals surface area contributed by atoms with E-state index in [2.05, 4.69) is 17.9 Å². The number of carbonyl (C=O) groups is 2. The van der Waals surface area contributed by atoms with Gasteiger partial charge >= 0.3 is 5.97 Å². The Kier molecular flexibility index (Phi) is 4.87. The third kappa shape index (κ3) is 3.70. The Balaban J connectivity index is 4.02. The maximum Gasteiger partial charge on any atom is 0.321 e. The zero-order valence-corrected chi connectivity index (χ0v) is 7.41. The minimum atomic E-state index is -1.43. The van der Waals surface area contributed by atoms with E-state index in [9.17, 15) is 9.59 Å². The molecule has 0 rings (SSSR count). The van der Waals surface area contributed by atoms with E-state index in [0.717, 1.165) is 6.92 Å². The van der Waals surface area contributed by atoms with Crippen LogP contribution in [0.5, 0.6) is 0 Å². The van der Waals surface area contributed by atoms with Crippen LogP contribution in [0.3, 0.4) is 0 Å². The number of thiol groups is 1. The molecule has 6 heteroatoms. The second-order valence-electron chi connectivity index (χ2n) is 2.25. The molecule has 1 unspecified atom stereocenters. The topological polar surface area (TPSA) is 86.6 Å². The number of aliphatic hydroxyl groups excluding tert-OH is 1. The van der Waals surface area contributed by atoms with E-state index in [4.69, 9.17) is 10.2 Å². The molecule has 70 valence electrons. The number of Topliss-reactive ketones (excluding diaryl/α,β-unsaturated/α-hetero) is 1. The van der Waals surface area contributed by atoms with Crippen LogP contribution in [0.1, 0.15) is 6.92 Å². The molecule has 2 atom stereocenters. The van der Waals surface area contributed by atoms with Gasteiger partial charge < -0.3 is 10.2 Å². The smallest absolute Gasteiger partial charge is 0.321 e. The van der Waals surface area contributed by atoms with Crippen LogP contribution in [0.25, 0.3) is 0 Å². The molecule has 0 amide bonds. The maximum absolute atomic E-state index is 10.5. The van der Waals surface area contributed by atoms with Crippen LogP contribution in [-0.2, 0) is 9.59 Å². The van der Waals surface area contributed by atoms with E-state index in [1.54, 1.807) is 0 Å². The van der Waals surface area contributed by atoms with Crippen LogP contribution >= 0.6 is 12.6 Å². The maximum atomic E-state index is 10.5. The summed E-state index contributed by atoms with van der Waals surface area (Å²) in [5.74, 6) is -1.66. The number of rotatable bonds is 5.